The van der Waals surface area contributed by atoms with Gasteiger partial charge in [-0.15, -0.1) is 6.58 Å². The Kier molecular flexibility index (Phi) is 6.77. The van der Waals surface area contributed by atoms with Crippen molar-refractivity contribution in [2.75, 3.05) is 6.61 Å². The van der Waals surface area contributed by atoms with E-state index in [1.165, 1.54) is 0 Å². The fraction of sp³-hybridized carbons (Fsp3) is 0.200. The van der Waals surface area contributed by atoms with Gasteiger partial charge in [-0.25, -0.2) is 0 Å². The van der Waals surface area contributed by atoms with Crippen LogP contribution in [-0.2, 0) is 4.74 Å². The van der Waals surface area contributed by atoms with Gasteiger partial charge in [0.2, 0.25) is 0 Å². The van der Waals surface area contributed by atoms with Gasteiger partial charge in [0, 0.05) is 23.5 Å². The summed E-state index contributed by atoms with van der Waals surface area (Å²) in [6.07, 6.45) is 1.71. The summed E-state index contributed by atoms with van der Waals surface area (Å²) in [6, 6.07) is 1.99. The third-order valence-corrected chi connectivity index (χ3v) is 7.19. The van der Waals surface area contributed by atoms with Gasteiger partial charge in [-0.1, -0.05) is 22.0 Å². The molecule has 0 heterocycles. The Labute approximate surface area is 137 Å². The van der Waals surface area contributed by atoms with Gasteiger partial charge >= 0.3 is 0 Å². The van der Waals surface area contributed by atoms with Crippen LogP contribution < -0.4 is 0 Å². The molecular formula is C10H7Br5O. The molecule has 0 saturated carbocycles. The minimum atomic E-state index is -0.180. The molecule has 0 fully saturated rings. The Bertz CT molecular complexity index is 405. The highest BCUT2D eigenvalue weighted by molar-refractivity contribution is 9.15. The van der Waals surface area contributed by atoms with E-state index in [4.69, 9.17) is 4.74 Å². The summed E-state index contributed by atoms with van der Waals surface area (Å²) in [5.74, 6) is 0. The molecule has 1 aromatic rings. The van der Waals surface area contributed by atoms with Crippen molar-refractivity contribution in [3.05, 3.63) is 42.2 Å². The maximum Gasteiger partial charge on any atom is 0.139 e. The molecule has 0 saturated heterocycles. The second-order valence-electron chi connectivity index (χ2n) is 2.83. The van der Waals surface area contributed by atoms with Crippen molar-refractivity contribution in [1.29, 1.82) is 0 Å². The zero-order valence-electron chi connectivity index (χ0n) is 7.94. The Morgan fingerprint density at radius 3 is 2.38 bits per heavy atom. The number of benzene rings is 1. The predicted octanol–water partition coefficient (Wildman–Crippen LogP) is 6.33. The third-order valence-electron chi connectivity index (χ3n) is 1.74. The van der Waals surface area contributed by atoms with Crippen molar-refractivity contribution >= 4 is 79.6 Å². The van der Waals surface area contributed by atoms with E-state index in [0.29, 0.717) is 6.61 Å². The van der Waals surface area contributed by atoms with Crippen LogP contribution in [-0.4, -0.2) is 6.61 Å². The lowest BCUT2D eigenvalue weighted by Crippen LogP contribution is -1.99. The van der Waals surface area contributed by atoms with Crippen molar-refractivity contribution in [2.24, 2.45) is 0 Å². The van der Waals surface area contributed by atoms with Gasteiger partial charge in [0.15, 0.2) is 0 Å². The highest BCUT2D eigenvalue weighted by Crippen LogP contribution is 2.43. The van der Waals surface area contributed by atoms with E-state index in [1.54, 1.807) is 6.08 Å². The zero-order valence-corrected chi connectivity index (χ0v) is 15.9. The number of ether oxygens (including phenoxy) is 1. The molecular weight excluding hydrogens is 536 g/mol. The average molecular weight is 543 g/mol. The van der Waals surface area contributed by atoms with Gasteiger partial charge < -0.3 is 4.74 Å². The van der Waals surface area contributed by atoms with E-state index >= 15 is 0 Å². The van der Waals surface area contributed by atoms with Crippen LogP contribution in [0.1, 0.15) is 10.6 Å². The minimum Gasteiger partial charge on any atom is -0.358 e. The number of alkyl halides is 1. The monoisotopic (exact) mass is 538 g/mol. The number of rotatable bonds is 4. The van der Waals surface area contributed by atoms with Gasteiger partial charge in [0.1, 0.15) is 5.01 Å². The van der Waals surface area contributed by atoms with Crippen LogP contribution in [0.2, 0.25) is 0 Å². The molecule has 0 N–H and O–H groups in total. The summed E-state index contributed by atoms with van der Waals surface area (Å²) in [7, 11) is 0. The van der Waals surface area contributed by atoms with Crippen LogP contribution in [0, 0.1) is 0 Å². The molecule has 88 valence electrons. The number of hydrogen-bond acceptors (Lipinski definition) is 1. The van der Waals surface area contributed by atoms with E-state index in [9.17, 15) is 0 Å². The van der Waals surface area contributed by atoms with Crippen LogP contribution in [0.15, 0.2) is 36.6 Å². The summed E-state index contributed by atoms with van der Waals surface area (Å²) < 4.78 is 9.35. The summed E-state index contributed by atoms with van der Waals surface area (Å²) in [4.78, 5) is 0. The lowest BCUT2D eigenvalue weighted by Gasteiger charge is -2.15. The smallest absolute Gasteiger partial charge is 0.139 e. The first kappa shape index (κ1) is 15.4. The lowest BCUT2D eigenvalue weighted by molar-refractivity contribution is 0.145. The highest BCUT2D eigenvalue weighted by atomic mass is 79.9. The van der Waals surface area contributed by atoms with E-state index in [-0.39, 0.29) is 5.01 Å². The fourth-order valence-corrected chi connectivity index (χ4v) is 4.07. The van der Waals surface area contributed by atoms with E-state index < -0.39 is 0 Å². The molecule has 1 rings (SSSR count). The van der Waals surface area contributed by atoms with Crippen molar-refractivity contribution < 1.29 is 4.74 Å². The highest BCUT2D eigenvalue weighted by Gasteiger charge is 2.17. The summed E-state index contributed by atoms with van der Waals surface area (Å²) in [5.41, 5.74) is 1.00. The molecule has 0 bridgehead atoms. The molecule has 1 atom stereocenters. The Morgan fingerprint density at radius 2 is 1.81 bits per heavy atom. The second-order valence-corrected chi connectivity index (χ2v) is 6.89. The molecule has 1 unspecified atom stereocenters. The quantitative estimate of drug-likeness (QED) is 0.187. The molecule has 0 aliphatic rings. The molecule has 6 heteroatoms. The van der Waals surface area contributed by atoms with Crippen molar-refractivity contribution in [3.8, 4) is 0 Å². The van der Waals surface area contributed by atoms with Gasteiger partial charge in [0.25, 0.3) is 0 Å². The molecule has 1 aromatic carbocycles. The minimum absolute atomic E-state index is 0.180. The predicted molar refractivity (Wildman–Crippen MR) is 85.1 cm³/mol. The standard InChI is InChI=1S/C10H7Br5O/c1-2-3-16-10(15)5-4-6(11)8(13)9(14)7(5)12/h2,4,10H,1,3H2. The lowest BCUT2D eigenvalue weighted by atomic mass is 10.2. The molecule has 1 nitrogen and oxygen atoms in total. The first-order chi connectivity index (χ1) is 7.49. The number of halogens is 5. The van der Waals surface area contributed by atoms with Gasteiger partial charge in [-0.05, 0) is 69.8 Å². The Morgan fingerprint density at radius 1 is 1.19 bits per heavy atom. The Hall–Kier alpha value is 1.32. The summed E-state index contributed by atoms with van der Waals surface area (Å²) in [5, 5.41) is -0.180. The molecule has 0 aromatic heterocycles. The SMILES string of the molecule is C=CCOC(Br)c1cc(Br)c(Br)c(Br)c1Br. The van der Waals surface area contributed by atoms with Crippen LogP contribution in [0.4, 0.5) is 0 Å². The molecule has 0 aliphatic carbocycles. The fourth-order valence-electron chi connectivity index (χ4n) is 0.999. The first-order valence-corrected chi connectivity index (χ1v) is 8.27. The van der Waals surface area contributed by atoms with E-state index in [1.807, 2.05) is 6.07 Å². The van der Waals surface area contributed by atoms with Gasteiger partial charge in [-0.3, -0.25) is 0 Å². The second kappa shape index (κ2) is 7.04. The van der Waals surface area contributed by atoms with Crippen molar-refractivity contribution in [2.45, 2.75) is 5.01 Å². The van der Waals surface area contributed by atoms with Crippen molar-refractivity contribution in [1.82, 2.24) is 0 Å². The van der Waals surface area contributed by atoms with Crippen LogP contribution >= 0.6 is 79.6 Å². The van der Waals surface area contributed by atoms with Crippen molar-refractivity contribution in [3.63, 3.8) is 0 Å². The van der Waals surface area contributed by atoms with E-state index in [0.717, 1.165) is 23.5 Å². The van der Waals surface area contributed by atoms with E-state index in [2.05, 4.69) is 86.2 Å². The van der Waals surface area contributed by atoms with Crippen LogP contribution in [0.3, 0.4) is 0 Å². The maximum absolute atomic E-state index is 5.52. The molecule has 0 radical (unpaired) electrons. The largest absolute Gasteiger partial charge is 0.358 e. The maximum atomic E-state index is 5.52. The topological polar surface area (TPSA) is 9.23 Å². The first-order valence-electron chi connectivity index (χ1n) is 4.18. The zero-order chi connectivity index (χ0) is 12.3. The third kappa shape index (κ3) is 3.65. The molecule has 0 spiro atoms. The molecule has 16 heavy (non-hydrogen) atoms. The van der Waals surface area contributed by atoms with Gasteiger partial charge in [-0.2, -0.15) is 0 Å². The Balaban J connectivity index is 3.09. The number of hydrogen-bond donors (Lipinski definition) is 0. The summed E-state index contributed by atoms with van der Waals surface area (Å²) >= 11 is 17.4. The average Bonchev–Trinajstić information content (AvgIpc) is 2.28. The van der Waals surface area contributed by atoms with Gasteiger partial charge in [0.05, 0.1) is 6.61 Å². The van der Waals surface area contributed by atoms with Crippen LogP contribution in [0.5, 0.6) is 0 Å². The molecule has 0 amide bonds. The van der Waals surface area contributed by atoms with Crippen LogP contribution in [0.25, 0.3) is 0 Å². The normalized spacial score (nSPS) is 12.6. The summed E-state index contributed by atoms with van der Waals surface area (Å²) in [6.45, 7) is 4.11. The molecule has 0 aliphatic heterocycles.